The van der Waals surface area contributed by atoms with Gasteiger partial charge in [-0.3, -0.25) is 14.3 Å². The normalized spacial score (nSPS) is 13.4. The van der Waals surface area contributed by atoms with Crippen LogP contribution in [0.15, 0.2) is 67.0 Å². The van der Waals surface area contributed by atoms with E-state index in [0.717, 1.165) is 22.3 Å². The number of alkyl carbamates (subject to hydrolysis) is 1. The average Bonchev–Trinajstić information content (AvgIpc) is 3.48. The first-order valence-corrected chi connectivity index (χ1v) is 11.4. The molecule has 0 spiro atoms. The molecule has 0 radical (unpaired) electrons. The van der Waals surface area contributed by atoms with Gasteiger partial charge in [-0.1, -0.05) is 48.5 Å². The smallest absolute Gasteiger partial charge is 0.407 e. The van der Waals surface area contributed by atoms with Gasteiger partial charge in [0.15, 0.2) is 0 Å². The number of benzene rings is 2. The zero-order valence-electron chi connectivity index (χ0n) is 19.6. The van der Waals surface area contributed by atoms with Crippen molar-refractivity contribution in [3.05, 3.63) is 78.1 Å². The predicted octanol–water partition coefficient (Wildman–Crippen LogP) is 3.12. The van der Waals surface area contributed by atoms with Gasteiger partial charge in [0.25, 0.3) is 0 Å². The number of carbonyl (C=O) groups excluding carboxylic acids is 2. The molecule has 1 heterocycles. The van der Waals surface area contributed by atoms with Crippen molar-refractivity contribution < 1.29 is 24.2 Å². The summed E-state index contributed by atoms with van der Waals surface area (Å²) in [5.74, 6) is -1.97. The fourth-order valence-corrected chi connectivity index (χ4v) is 4.30. The van der Waals surface area contributed by atoms with Crippen molar-refractivity contribution in [1.82, 2.24) is 20.4 Å². The number of hydrogen-bond donors (Lipinski definition) is 3. The van der Waals surface area contributed by atoms with Crippen molar-refractivity contribution in [1.29, 1.82) is 0 Å². The van der Waals surface area contributed by atoms with E-state index < -0.39 is 36.0 Å². The minimum absolute atomic E-state index is 0.0631. The van der Waals surface area contributed by atoms with Crippen molar-refractivity contribution in [2.45, 2.75) is 37.8 Å². The van der Waals surface area contributed by atoms with Crippen molar-refractivity contribution in [2.75, 3.05) is 13.2 Å². The van der Waals surface area contributed by atoms with Crippen LogP contribution in [0.3, 0.4) is 0 Å². The van der Waals surface area contributed by atoms with Crippen LogP contribution in [0.1, 0.15) is 37.3 Å². The molecule has 0 aliphatic heterocycles. The molecule has 0 fully saturated rings. The van der Waals surface area contributed by atoms with E-state index >= 15 is 0 Å². The second kappa shape index (κ2) is 10.0. The largest absolute Gasteiger partial charge is 0.481 e. The number of hydrogen-bond acceptors (Lipinski definition) is 5. The van der Waals surface area contributed by atoms with Crippen LogP contribution >= 0.6 is 0 Å². The SMILES string of the molecule is CC(C)(CNC(=O)C(CC(=O)O)NC(=O)OCC1c2ccccc2-c2ccccc21)n1cccn1. The second-order valence-corrected chi connectivity index (χ2v) is 9.10. The van der Waals surface area contributed by atoms with Gasteiger partial charge in [0, 0.05) is 24.9 Å². The number of rotatable bonds is 9. The molecule has 1 aromatic heterocycles. The van der Waals surface area contributed by atoms with Gasteiger partial charge in [0.1, 0.15) is 12.6 Å². The van der Waals surface area contributed by atoms with Gasteiger partial charge < -0.3 is 20.5 Å². The number of nitrogens with one attached hydrogen (secondary N) is 2. The number of aromatic nitrogens is 2. The van der Waals surface area contributed by atoms with Crippen LogP contribution in [-0.2, 0) is 19.9 Å². The third-order valence-electron chi connectivity index (χ3n) is 6.15. The highest BCUT2D eigenvalue weighted by Gasteiger charge is 2.31. The Labute approximate surface area is 203 Å². The maximum Gasteiger partial charge on any atom is 0.407 e. The van der Waals surface area contributed by atoms with E-state index in [1.165, 1.54) is 0 Å². The predicted molar refractivity (Wildman–Crippen MR) is 129 cm³/mol. The van der Waals surface area contributed by atoms with E-state index in [4.69, 9.17) is 4.74 Å². The Morgan fingerprint density at radius 1 is 1.06 bits per heavy atom. The lowest BCUT2D eigenvalue weighted by Gasteiger charge is -2.27. The Balaban J connectivity index is 1.38. The summed E-state index contributed by atoms with van der Waals surface area (Å²) in [5.41, 5.74) is 3.76. The molecule has 35 heavy (non-hydrogen) atoms. The van der Waals surface area contributed by atoms with Crippen molar-refractivity contribution in [3.63, 3.8) is 0 Å². The van der Waals surface area contributed by atoms with Gasteiger partial charge in [-0.2, -0.15) is 5.10 Å². The molecule has 4 rings (SSSR count). The third-order valence-corrected chi connectivity index (χ3v) is 6.15. The summed E-state index contributed by atoms with van der Waals surface area (Å²) in [6.45, 7) is 4.01. The summed E-state index contributed by atoms with van der Waals surface area (Å²) in [4.78, 5) is 36.7. The van der Waals surface area contributed by atoms with Crippen LogP contribution in [0, 0.1) is 0 Å². The van der Waals surface area contributed by atoms with E-state index in [1.807, 2.05) is 62.4 Å². The first-order chi connectivity index (χ1) is 16.8. The van der Waals surface area contributed by atoms with E-state index in [0.29, 0.717) is 0 Å². The van der Waals surface area contributed by atoms with Gasteiger partial charge in [-0.15, -0.1) is 0 Å². The Morgan fingerprint density at radius 2 is 1.69 bits per heavy atom. The monoisotopic (exact) mass is 476 g/mol. The van der Waals surface area contributed by atoms with Crippen LogP contribution in [0.2, 0.25) is 0 Å². The molecular formula is C26H28N4O5. The first kappa shape index (κ1) is 24.0. The number of nitrogens with zero attached hydrogens (tertiary/aromatic N) is 2. The van der Waals surface area contributed by atoms with Gasteiger partial charge in [-0.25, -0.2) is 4.79 Å². The molecular weight excluding hydrogens is 448 g/mol. The molecule has 1 unspecified atom stereocenters. The lowest BCUT2D eigenvalue weighted by atomic mass is 9.98. The Kier molecular flexibility index (Phi) is 6.86. The molecule has 9 nitrogen and oxygen atoms in total. The minimum Gasteiger partial charge on any atom is -0.481 e. The lowest BCUT2D eigenvalue weighted by Crippen LogP contribution is -2.51. The molecule has 2 aromatic carbocycles. The maximum absolute atomic E-state index is 12.7. The molecule has 1 atom stereocenters. The number of carboxylic acid groups (broad SMARTS) is 1. The Morgan fingerprint density at radius 3 is 2.26 bits per heavy atom. The van der Waals surface area contributed by atoms with E-state index in [2.05, 4.69) is 15.7 Å². The van der Waals surface area contributed by atoms with E-state index in [1.54, 1.807) is 23.1 Å². The van der Waals surface area contributed by atoms with Crippen LogP contribution in [0.25, 0.3) is 11.1 Å². The fraction of sp³-hybridized carbons (Fsp3) is 0.308. The zero-order chi connectivity index (χ0) is 25.0. The quantitative estimate of drug-likeness (QED) is 0.436. The molecule has 2 amide bonds. The maximum atomic E-state index is 12.7. The molecule has 1 aliphatic carbocycles. The molecule has 3 N–H and O–H groups in total. The highest BCUT2D eigenvalue weighted by Crippen LogP contribution is 2.44. The van der Waals surface area contributed by atoms with Gasteiger partial charge in [0.2, 0.25) is 5.91 Å². The van der Waals surface area contributed by atoms with E-state index in [-0.39, 0.29) is 19.1 Å². The summed E-state index contributed by atoms with van der Waals surface area (Å²) in [5, 5.41) is 18.6. The van der Waals surface area contributed by atoms with Crippen LogP contribution in [0.4, 0.5) is 4.79 Å². The average molecular weight is 477 g/mol. The number of amides is 2. The molecule has 0 saturated heterocycles. The second-order valence-electron chi connectivity index (χ2n) is 9.10. The van der Waals surface area contributed by atoms with Crippen LogP contribution in [-0.4, -0.2) is 52.1 Å². The lowest BCUT2D eigenvalue weighted by molar-refractivity contribution is -0.139. The standard InChI is InChI=1S/C26H28N4O5/c1-26(2,30-13-7-12-28-30)16-27-24(33)22(14-23(31)32)29-25(34)35-15-21-19-10-5-3-8-17(19)18-9-4-6-11-20(18)21/h3-13,21-22H,14-16H2,1-2H3,(H,27,33)(H,29,34)(H,31,32). The topological polar surface area (TPSA) is 123 Å². The summed E-state index contributed by atoms with van der Waals surface area (Å²) in [6.07, 6.45) is 1.99. The molecule has 9 heteroatoms. The molecule has 0 bridgehead atoms. The van der Waals surface area contributed by atoms with Crippen molar-refractivity contribution >= 4 is 18.0 Å². The summed E-state index contributed by atoms with van der Waals surface area (Å²) in [6, 6.07) is 16.4. The minimum atomic E-state index is -1.28. The Hall–Kier alpha value is -4.14. The number of fused-ring (bicyclic) bond motifs is 3. The van der Waals surface area contributed by atoms with Gasteiger partial charge >= 0.3 is 12.1 Å². The molecule has 1 aliphatic rings. The number of aliphatic carboxylic acids is 1. The first-order valence-electron chi connectivity index (χ1n) is 11.4. The van der Waals surface area contributed by atoms with E-state index in [9.17, 15) is 19.5 Å². The molecule has 3 aromatic rings. The van der Waals surface area contributed by atoms with Gasteiger partial charge in [-0.05, 0) is 42.2 Å². The number of carboxylic acids is 1. The highest BCUT2D eigenvalue weighted by molar-refractivity contribution is 5.89. The van der Waals surface area contributed by atoms with Crippen LogP contribution < -0.4 is 10.6 Å². The fourth-order valence-electron chi connectivity index (χ4n) is 4.30. The van der Waals surface area contributed by atoms with Crippen molar-refractivity contribution in [2.24, 2.45) is 0 Å². The molecule has 182 valence electrons. The summed E-state index contributed by atoms with van der Waals surface area (Å²) < 4.78 is 7.16. The zero-order valence-corrected chi connectivity index (χ0v) is 19.6. The number of ether oxygens (including phenoxy) is 1. The Bertz CT molecular complexity index is 1180. The third kappa shape index (κ3) is 5.34. The highest BCUT2D eigenvalue weighted by atomic mass is 16.5. The summed E-state index contributed by atoms with van der Waals surface area (Å²) >= 11 is 0. The van der Waals surface area contributed by atoms with Crippen LogP contribution in [0.5, 0.6) is 0 Å². The summed E-state index contributed by atoms with van der Waals surface area (Å²) in [7, 11) is 0. The number of carbonyl (C=O) groups is 3. The molecule has 0 saturated carbocycles. The van der Waals surface area contributed by atoms with Gasteiger partial charge in [0.05, 0.1) is 12.0 Å². The van der Waals surface area contributed by atoms with Crippen molar-refractivity contribution in [3.8, 4) is 11.1 Å².